The topological polar surface area (TPSA) is 75.4 Å². The molecule has 28 heavy (non-hydrogen) atoms. The molecule has 1 aliphatic heterocycles. The Morgan fingerprint density at radius 2 is 1.68 bits per heavy atom. The Bertz CT molecular complexity index is 880. The SMILES string of the molecule is CC1CC(C)CN(C(=O)c2ccc(-n3ncc(C(=O)O)c3C(F)(F)F)cc2)C1. The summed E-state index contributed by atoms with van der Waals surface area (Å²) < 4.78 is 40.5. The van der Waals surface area contributed by atoms with E-state index in [4.69, 9.17) is 5.11 Å². The molecule has 0 aliphatic carbocycles. The minimum absolute atomic E-state index is 0.0248. The lowest BCUT2D eigenvalue weighted by Crippen LogP contribution is -2.42. The number of likely N-dealkylation sites (tertiary alicyclic amines) is 1. The highest BCUT2D eigenvalue weighted by atomic mass is 19.4. The van der Waals surface area contributed by atoms with Gasteiger partial charge in [0.05, 0.1) is 11.9 Å². The number of carbonyl (C=O) groups is 2. The molecule has 6 nitrogen and oxygen atoms in total. The van der Waals surface area contributed by atoms with Gasteiger partial charge in [-0.05, 0) is 42.5 Å². The van der Waals surface area contributed by atoms with E-state index in [2.05, 4.69) is 18.9 Å². The zero-order chi connectivity index (χ0) is 20.6. The Hall–Kier alpha value is -2.84. The Morgan fingerprint density at radius 1 is 1.11 bits per heavy atom. The summed E-state index contributed by atoms with van der Waals surface area (Å²) in [5, 5.41) is 12.6. The monoisotopic (exact) mass is 395 g/mol. The second kappa shape index (κ2) is 7.29. The van der Waals surface area contributed by atoms with Crippen LogP contribution in [0.3, 0.4) is 0 Å². The molecule has 0 saturated carbocycles. The summed E-state index contributed by atoms with van der Waals surface area (Å²) in [4.78, 5) is 25.5. The van der Waals surface area contributed by atoms with Crippen LogP contribution in [0.1, 0.15) is 46.7 Å². The number of benzene rings is 1. The molecule has 2 aromatic rings. The number of alkyl halides is 3. The minimum atomic E-state index is -4.89. The van der Waals surface area contributed by atoms with Crippen molar-refractivity contribution in [1.29, 1.82) is 0 Å². The van der Waals surface area contributed by atoms with Gasteiger partial charge >= 0.3 is 12.1 Å². The molecule has 2 unspecified atom stereocenters. The van der Waals surface area contributed by atoms with Gasteiger partial charge in [0.1, 0.15) is 5.56 Å². The van der Waals surface area contributed by atoms with Crippen molar-refractivity contribution < 1.29 is 27.9 Å². The van der Waals surface area contributed by atoms with E-state index in [9.17, 15) is 22.8 Å². The number of carboxylic acids is 1. The van der Waals surface area contributed by atoms with Crippen LogP contribution in [-0.2, 0) is 6.18 Å². The maximum absolute atomic E-state index is 13.3. The molecule has 0 bridgehead atoms. The third-order valence-corrected chi connectivity index (χ3v) is 4.78. The molecule has 1 aromatic heterocycles. The maximum Gasteiger partial charge on any atom is 0.434 e. The largest absolute Gasteiger partial charge is 0.478 e. The van der Waals surface area contributed by atoms with Crippen molar-refractivity contribution in [2.45, 2.75) is 26.4 Å². The Kier molecular flexibility index (Phi) is 5.18. The third-order valence-electron chi connectivity index (χ3n) is 4.78. The average Bonchev–Trinajstić information content (AvgIpc) is 3.06. The molecule has 1 amide bonds. The third kappa shape index (κ3) is 3.88. The molecule has 0 radical (unpaired) electrons. The van der Waals surface area contributed by atoms with Gasteiger partial charge in [-0.15, -0.1) is 0 Å². The van der Waals surface area contributed by atoms with E-state index in [1.807, 2.05) is 0 Å². The Labute approximate surface area is 159 Å². The fourth-order valence-electron chi connectivity index (χ4n) is 3.73. The first-order chi connectivity index (χ1) is 13.1. The fraction of sp³-hybridized carbons (Fsp3) is 0.421. The molecule has 2 heterocycles. The van der Waals surface area contributed by atoms with E-state index in [1.165, 1.54) is 24.3 Å². The van der Waals surface area contributed by atoms with E-state index < -0.39 is 23.4 Å². The van der Waals surface area contributed by atoms with E-state index >= 15 is 0 Å². The molecule has 1 N–H and O–H groups in total. The number of piperidine rings is 1. The van der Waals surface area contributed by atoms with Crippen LogP contribution in [0.4, 0.5) is 13.2 Å². The van der Waals surface area contributed by atoms with Gasteiger partial charge in [0.2, 0.25) is 0 Å². The first-order valence-corrected chi connectivity index (χ1v) is 8.86. The molecule has 1 aromatic carbocycles. The highest BCUT2D eigenvalue weighted by Crippen LogP contribution is 2.33. The number of amides is 1. The average molecular weight is 395 g/mol. The van der Waals surface area contributed by atoms with Gasteiger partial charge in [0.25, 0.3) is 5.91 Å². The van der Waals surface area contributed by atoms with Crippen molar-refractivity contribution in [3.05, 3.63) is 47.3 Å². The summed E-state index contributed by atoms with van der Waals surface area (Å²) in [7, 11) is 0. The Balaban J connectivity index is 1.90. The van der Waals surface area contributed by atoms with Crippen molar-refractivity contribution >= 4 is 11.9 Å². The van der Waals surface area contributed by atoms with Crippen LogP contribution in [0.15, 0.2) is 30.5 Å². The van der Waals surface area contributed by atoms with Crippen molar-refractivity contribution in [3.63, 3.8) is 0 Å². The van der Waals surface area contributed by atoms with E-state index in [-0.39, 0.29) is 11.6 Å². The predicted octanol–water partition coefficient (Wildman–Crippen LogP) is 3.71. The van der Waals surface area contributed by atoms with Crippen LogP contribution >= 0.6 is 0 Å². The standard InChI is InChI=1S/C19H20F3N3O3/c1-11-7-12(2)10-24(9-11)17(26)13-3-5-14(6-4-13)25-16(19(20,21)22)15(8-23-25)18(27)28/h3-6,8,11-12H,7,9-10H2,1-2H3,(H,27,28). The summed E-state index contributed by atoms with van der Waals surface area (Å²) in [6.45, 7) is 5.44. The number of rotatable bonds is 3. The number of halogens is 3. The van der Waals surface area contributed by atoms with Crippen molar-refractivity contribution in [1.82, 2.24) is 14.7 Å². The van der Waals surface area contributed by atoms with E-state index in [1.54, 1.807) is 4.90 Å². The molecule has 9 heteroatoms. The predicted molar refractivity (Wildman–Crippen MR) is 94.4 cm³/mol. The molecule has 1 saturated heterocycles. The first kappa shape index (κ1) is 19.9. The van der Waals surface area contributed by atoms with Crippen LogP contribution in [-0.4, -0.2) is 44.8 Å². The van der Waals surface area contributed by atoms with Gasteiger partial charge in [0.15, 0.2) is 5.69 Å². The van der Waals surface area contributed by atoms with Crippen LogP contribution in [0.5, 0.6) is 0 Å². The Morgan fingerprint density at radius 3 is 2.18 bits per heavy atom. The van der Waals surface area contributed by atoms with Crippen molar-refractivity contribution in [2.24, 2.45) is 11.8 Å². The number of aromatic nitrogens is 2. The quantitative estimate of drug-likeness (QED) is 0.860. The lowest BCUT2D eigenvalue weighted by atomic mass is 9.91. The molecule has 150 valence electrons. The van der Waals surface area contributed by atoms with Crippen LogP contribution in [0.25, 0.3) is 5.69 Å². The fourth-order valence-corrected chi connectivity index (χ4v) is 3.73. The van der Waals surface area contributed by atoms with Gasteiger partial charge in [-0.25, -0.2) is 9.48 Å². The smallest absolute Gasteiger partial charge is 0.434 e. The summed E-state index contributed by atoms with van der Waals surface area (Å²) in [6, 6.07) is 5.53. The lowest BCUT2D eigenvalue weighted by molar-refractivity contribution is -0.143. The van der Waals surface area contributed by atoms with Crippen LogP contribution < -0.4 is 0 Å². The van der Waals surface area contributed by atoms with Crippen molar-refractivity contribution in [2.75, 3.05) is 13.1 Å². The number of nitrogens with zero attached hydrogens (tertiary/aromatic N) is 3. The molecule has 0 spiro atoms. The number of aromatic carboxylic acids is 1. The number of carbonyl (C=O) groups excluding carboxylic acids is 1. The van der Waals surface area contributed by atoms with Crippen molar-refractivity contribution in [3.8, 4) is 5.69 Å². The molecule has 3 rings (SSSR count). The van der Waals surface area contributed by atoms with Gasteiger partial charge in [0, 0.05) is 18.7 Å². The zero-order valence-corrected chi connectivity index (χ0v) is 15.4. The summed E-state index contributed by atoms with van der Waals surface area (Å²) in [6.07, 6.45) is -3.17. The van der Waals surface area contributed by atoms with E-state index in [0.717, 1.165) is 6.42 Å². The molecule has 1 fully saturated rings. The highest BCUT2D eigenvalue weighted by Gasteiger charge is 2.40. The number of hydrogen-bond acceptors (Lipinski definition) is 3. The molecular formula is C19H20F3N3O3. The van der Waals surface area contributed by atoms with E-state index in [0.29, 0.717) is 41.4 Å². The van der Waals surface area contributed by atoms with Gasteiger partial charge in [-0.1, -0.05) is 13.8 Å². The van der Waals surface area contributed by atoms with Gasteiger partial charge in [-0.2, -0.15) is 18.3 Å². The summed E-state index contributed by atoms with van der Waals surface area (Å²) in [5.74, 6) is -1.11. The van der Waals surface area contributed by atoms with Crippen LogP contribution in [0, 0.1) is 11.8 Å². The molecule has 2 atom stereocenters. The normalized spacial score (nSPS) is 20.2. The second-order valence-electron chi connectivity index (χ2n) is 7.32. The second-order valence-corrected chi connectivity index (χ2v) is 7.32. The summed E-state index contributed by atoms with van der Waals surface area (Å²) in [5.41, 5.74) is -1.90. The lowest BCUT2D eigenvalue weighted by Gasteiger charge is -2.35. The van der Waals surface area contributed by atoms with Gasteiger partial charge in [-0.3, -0.25) is 4.79 Å². The first-order valence-electron chi connectivity index (χ1n) is 8.86. The molecule has 1 aliphatic rings. The highest BCUT2D eigenvalue weighted by molar-refractivity contribution is 5.94. The molecular weight excluding hydrogens is 375 g/mol. The zero-order valence-electron chi connectivity index (χ0n) is 15.4. The summed E-state index contributed by atoms with van der Waals surface area (Å²) >= 11 is 0. The number of carboxylic acid groups (broad SMARTS) is 1. The van der Waals surface area contributed by atoms with Gasteiger partial charge < -0.3 is 10.0 Å². The minimum Gasteiger partial charge on any atom is -0.478 e. The maximum atomic E-state index is 13.3. The number of hydrogen-bond donors (Lipinski definition) is 1. The van der Waals surface area contributed by atoms with Crippen LogP contribution in [0.2, 0.25) is 0 Å².